The van der Waals surface area contributed by atoms with E-state index in [1.165, 1.54) is 6.92 Å². The van der Waals surface area contributed by atoms with Gasteiger partial charge in [0.2, 0.25) is 0 Å². The van der Waals surface area contributed by atoms with Gasteiger partial charge < -0.3 is 5.32 Å². The highest BCUT2D eigenvalue weighted by molar-refractivity contribution is 7.86. The number of hydrogen-bond acceptors (Lipinski definition) is 3. The summed E-state index contributed by atoms with van der Waals surface area (Å²) in [6, 6.07) is 8.15. The maximum atomic E-state index is 11.4. The molecule has 1 unspecified atom stereocenters. The second-order valence-corrected chi connectivity index (χ2v) is 4.73. The second kappa shape index (κ2) is 4.41. The maximum absolute atomic E-state index is 11.4. The Morgan fingerprint density at radius 1 is 1.33 bits per heavy atom. The Hall–Kier alpha value is -1.40. The molecule has 0 radical (unpaired) electrons. The molecule has 15 heavy (non-hydrogen) atoms. The van der Waals surface area contributed by atoms with Gasteiger partial charge in [0.25, 0.3) is 16.0 Å². The summed E-state index contributed by atoms with van der Waals surface area (Å²) in [5, 5.41) is 0.845. The molecule has 0 spiro atoms. The Bertz CT molecular complexity index is 440. The van der Waals surface area contributed by atoms with Crippen LogP contribution >= 0.6 is 0 Å². The molecule has 1 rings (SSSR count). The normalized spacial score (nSPS) is 13.2. The quantitative estimate of drug-likeness (QED) is 0.745. The largest absolute Gasteiger partial charge is 0.334 e. The van der Waals surface area contributed by atoms with E-state index in [1.54, 1.807) is 30.3 Å². The highest BCUT2D eigenvalue weighted by Gasteiger charge is 2.19. The van der Waals surface area contributed by atoms with Crippen molar-refractivity contribution in [2.75, 3.05) is 0 Å². The number of carbonyl (C=O) groups excluding carboxylic acids is 1. The molecule has 2 N–H and O–H groups in total. The van der Waals surface area contributed by atoms with Crippen LogP contribution in [0.15, 0.2) is 30.3 Å². The third kappa shape index (κ3) is 3.34. The van der Waals surface area contributed by atoms with Crippen LogP contribution in [0.4, 0.5) is 0 Å². The summed E-state index contributed by atoms with van der Waals surface area (Å²) >= 11 is 0. The van der Waals surface area contributed by atoms with Gasteiger partial charge in [-0.2, -0.15) is 8.42 Å². The minimum atomic E-state index is -4.24. The lowest BCUT2D eigenvalue weighted by atomic mass is 10.2. The van der Waals surface area contributed by atoms with Crippen LogP contribution in [0.1, 0.15) is 17.3 Å². The van der Waals surface area contributed by atoms with Gasteiger partial charge in [0.15, 0.2) is 5.37 Å². The first-order chi connectivity index (χ1) is 6.91. The zero-order valence-electron chi connectivity index (χ0n) is 8.04. The average Bonchev–Trinajstić information content (AvgIpc) is 2.17. The highest BCUT2D eigenvalue weighted by Crippen LogP contribution is 2.00. The summed E-state index contributed by atoms with van der Waals surface area (Å²) in [5.41, 5.74) is 0.341. The molecular formula is C9H11NO4S. The SMILES string of the molecule is CC(NC(=O)c1ccccc1)S(=O)(=O)O. The standard InChI is InChI=1S/C9H11NO4S/c1-7(15(12,13)14)10-9(11)8-5-3-2-4-6-8/h2-7H,1H3,(H,10,11)(H,12,13,14). The van der Waals surface area contributed by atoms with Crippen LogP contribution in [-0.2, 0) is 10.1 Å². The van der Waals surface area contributed by atoms with E-state index in [4.69, 9.17) is 4.55 Å². The van der Waals surface area contributed by atoms with Gasteiger partial charge in [-0.25, -0.2) is 0 Å². The highest BCUT2D eigenvalue weighted by atomic mass is 32.2. The van der Waals surface area contributed by atoms with Gasteiger partial charge in [-0.3, -0.25) is 9.35 Å². The molecular weight excluding hydrogens is 218 g/mol. The third-order valence-corrected chi connectivity index (χ3v) is 2.83. The molecule has 0 heterocycles. The Kier molecular flexibility index (Phi) is 3.43. The number of carbonyl (C=O) groups is 1. The molecule has 0 saturated carbocycles. The summed E-state index contributed by atoms with van der Waals surface area (Å²) in [7, 11) is -4.24. The van der Waals surface area contributed by atoms with E-state index in [0.717, 1.165) is 0 Å². The van der Waals surface area contributed by atoms with Crippen molar-refractivity contribution in [1.29, 1.82) is 0 Å². The van der Waals surface area contributed by atoms with Crippen molar-refractivity contribution in [1.82, 2.24) is 5.32 Å². The van der Waals surface area contributed by atoms with Crippen molar-refractivity contribution in [3.8, 4) is 0 Å². The number of hydrogen-bond donors (Lipinski definition) is 2. The fourth-order valence-electron chi connectivity index (χ4n) is 0.932. The van der Waals surface area contributed by atoms with Crippen LogP contribution in [-0.4, -0.2) is 24.3 Å². The van der Waals surface area contributed by atoms with E-state index in [0.29, 0.717) is 5.56 Å². The fraction of sp³-hybridized carbons (Fsp3) is 0.222. The van der Waals surface area contributed by atoms with Crippen molar-refractivity contribution in [2.24, 2.45) is 0 Å². The molecule has 0 fully saturated rings. The van der Waals surface area contributed by atoms with E-state index < -0.39 is 21.4 Å². The minimum absolute atomic E-state index is 0.341. The van der Waals surface area contributed by atoms with Gasteiger partial charge in [-0.1, -0.05) is 18.2 Å². The van der Waals surface area contributed by atoms with Crippen molar-refractivity contribution < 1.29 is 17.8 Å². The van der Waals surface area contributed by atoms with Crippen LogP contribution in [0, 0.1) is 0 Å². The van der Waals surface area contributed by atoms with Gasteiger partial charge in [-0.05, 0) is 19.1 Å². The number of benzene rings is 1. The average molecular weight is 229 g/mol. The zero-order chi connectivity index (χ0) is 11.5. The van der Waals surface area contributed by atoms with Gasteiger partial charge in [-0.15, -0.1) is 0 Å². The summed E-state index contributed by atoms with van der Waals surface area (Å²) < 4.78 is 29.9. The predicted octanol–water partition coefficient (Wildman–Crippen LogP) is 0.650. The van der Waals surface area contributed by atoms with Gasteiger partial charge in [0, 0.05) is 5.56 Å². The van der Waals surface area contributed by atoms with Crippen molar-refractivity contribution >= 4 is 16.0 Å². The molecule has 1 aromatic rings. The van der Waals surface area contributed by atoms with Crippen molar-refractivity contribution in [3.63, 3.8) is 0 Å². The Labute approximate surface area is 87.9 Å². The summed E-state index contributed by atoms with van der Waals surface area (Å²) in [6.45, 7) is 1.19. The lowest BCUT2D eigenvalue weighted by Gasteiger charge is -2.10. The zero-order valence-corrected chi connectivity index (χ0v) is 8.86. The Balaban J connectivity index is 2.74. The molecule has 1 amide bonds. The molecule has 0 bridgehead atoms. The van der Waals surface area contributed by atoms with E-state index >= 15 is 0 Å². The first kappa shape index (κ1) is 11.7. The number of nitrogens with one attached hydrogen (secondary N) is 1. The van der Waals surface area contributed by atoms with E-state index in [-0.39, 0.29) is 0 Å². The summed E-state index contributed by atoms with van der Waals surface area (Å²) in [6.07, 6.45) is 0. The Morgan fingerprint density at radius 2 is 1.87 bits per heavy atom. The molecule has 6 heteroatoms. The van der Waals surface area contributed by atoms with Gasteiger partial charge in [0.1, 0.15) is 0 Å². The second-order valence-electron chi connectivity index (χ2n) is 3.00. The van der Waals surface area contributed by atoms with E-state index in [1.807, 2.05) is 0 Å². The van der Waals surface area contributed by atoms with Crippen LogP contribution in [0.3, 0.4) is 0 Å². The predicted molar refractivity (Wildman–Crippen MR) is 54.9 cm³/mol. The van der Waals surface area contributed by atoms with Gasteiger partial charge >= 0.3 is 0 Å². The van der Waals surface area contributed by atoms with Crippen molar-refractivity contribution in [2.45, 2.75) is 12.3 Å². The first-order valence-corrected chi connectivity index (χ1v) is 5.74. The first-order valence-electron chi connectivity index (χ1n) is 4.23. The lowest BCUT2D eigenvalue weighted by molar-refractivity contribution is 0.0949. The fourth-order valence-corrected chi connectivity index (χ4v) is 1.19. The molecule has 0 aliphatic rings. The lowest BCUT2D eigenvalue weighted by Crippen LogP contribution is -2.38. The van der Waals surface area contributed by atoms with Crippen LogP contribution < -0.4 is 5.32 Å². The number of amides is 1. The monoisotopic (exact) mass is 229 g/mol. The Morgan fingerprint density at radius 3 is 2.33 bits per heavy atom. The topological polar surface area (TPSA) is 83.5 Å². The smallest absolute Gasteiger partial charge is 0.285 e. The molecule has 0 aromatic heterocycles. The molecule has 0 aliphatic heterocycles. The molecule has 0 aliphatic carbocycles. The number of rotatable bonds is 3. The van der Waals surface area contributed by atoms with Crippen molar-refractivity contribution in [3.05, 3.63) is 35.9 Å². The molecule has 0 saturated heterocycles. The molecule has 5 nitrogen and oxygen atoms in total. The maximum Gasteiger partial charge on any atom is 0.285 e. The summed E-state index contributed by atoms with van der Waals surface area (Å²) in [5.74, 6) is -0.541. The van der Waals surface area contributed by atoms with E-state index in [9.17, 15) is 13.2 Å². The molecule has 1 atom stereocenters. The van der Waals surface area contributed by atoms with Crippen LogP contribution in [0.25, 0.3) is 0 Å². The van der Waals surface area contributed by atoms with Gasteiger partial charge in [0.05, 0.1) is 0 Å². The van der Waals surface area contributed by atoms with E-state index in [2.05, 4.69) is 5.32 Å². The summed E-state index contributed by atoms with van der Waals surface area (Å²) in [4.78, 5) is 11.4. The minimum Gasteiger partial charge on any atom is -0.334 e. The van der Waals surface area contributed by atoms with Crippen LogP contribution in [0.5, 0.6) is 0 Å². The molecule has 82 valence electrons. The molecule has 1 aromatic carbocycles. The van der Waals surface area contributed by atoms with Crippen LogP contribution in [0.2, 0.25) is 0 Å². The third-order valence-electron chi connectivity index (χ3n) is 1.82.